The molecule has 0 saturated carbocycles. The van der Waals surface area contributed by atoms with Crippen LogP contribution in [0, 0.1) is 6.92 Å². The van der Waals surface area contributed by atoms with Crippen LogP contribution in [0.15, 0.2) is 34.3 Å². The average molecular weight is 365 g/mol. The molecule has 0 aliphatic heterocycles. The van der Waals surface area contributed by atoms with E-state index in [2.05, 4.69) is 47.5 Å². The molecule has 8 nitrogen and oxygen atoms in total. The molecule has 2 aromatic rings. The Kier molecular flexibility index (Phi) is 6.18. The fraction of sp³-hybridized carbons (Fsp3) is 0.267. The van der Waals surface area contributed by atoms with Crippen LogP contribution in [-0.2, 0) is 0 Å². The molecular weight excluding hydrogens is 347 g/mol. The lowest BCUT2D eigenvalue weighted by Gasteiger charge is -2.14. The van der Waals surface area contributed by atoms with Gasteiger partial charge in [0.15, 0.2) is 11.6 Å². The van der Waals surface area contributed by atoms with Crippen molar-refractivity contribution in [2.45, 2.75) is 26.8 Å². The number of aliphatic imine (C=N–C) groups is 2. The molecule has 0 bridgehead atoms. The summed E-state index contributed by atoms with van der Waals surface area (Å²) in [5.74, 6) is 1.13. The van der Waals surface area contributed by atoms with Crippen LogP contribution in [0.25, 0.3) is 0 Å². The van der Waals surface area contributed by atoms with E-state index in [1.165, 1.54) is 13.1 Å². The van der Waals surface area contributed by atoms with Gasteiger partial charge >= 0.3 is 0 Å². The SMILES string of the molecule is C=NC(=N/C=C(\C)F)[C@H](C)Nc1ncc(Cl)c(Nc2cc(C)[nH]n2)n1. The maximum absolute atomic E-state index is 12.8. The third-order valence-corrected chi connectivity index (χ3v) is 3.24. The van der Waals surface area contributed by atoms with E-state index in [0.29, 0.717) is 28.4 Å². The van der Waals surface area contributed by atoms with Crippen molar-refractivity contribution in [3.8, 4) is 0 Å². The summed E-state index contributed by atoms with van der Waals surface area (Å²) >= 11 is 6.11. The Morgan fingerprint density at radius 2 is 2.28 bits per heavy atom. The van der Waals surface area contributed by atoms with Crippen LogP contribution in [0.4, 0.5) is 22.0 Å². The molecule has 0 spiro atoms. The Hall–Kier alpha value is -2.81. The number of anilines is 3. The Balaban J connectivity index is 2.17. The smallest absolute Gasteiger partial charge is 0.225 e. The Morgan fingerprint density at radius 1 is 1.52 bits per heavy atom. The first-order valence-electron chi connectivity index (χ1n) is 7.34. The van der Waals surface area contributed by atoms with Crippen molar-refractivity contribution in [3.05, 3.63) is 35.0 Å². The first-order chi connectivity index (χ1) is 11.9. The minimum Gasteiger partial charge on any atom is -0.344 e. The van der Waals surface area contributed by atoms with Gasteiger partial charge < -0.3 is 10.6 Å². The number of aryl methyl sites for hydroxylation is 1. The number of aromatic amines is 1. The van der Waals surface area contributed by atoms with Crippen LogP contribution in [0.2, 0.25) is 5.02 Å². The van der Waals surface area contributed by atoms with Crippen molar-refractivity contribution in [3.63, 3.8) is 0 Å². The first kappa shape index (κ1) is 18.5. The molecule has 0 unspecified atom stereocenters. The van der Waals surface area contributed by atoms with Gasteiger partial charge in [-0.25, -0.2) is 19.4 Å². The molecule has 2 rings (SSSR count). The van der Waals surface area contributed by atoms with Crippen LogP contribution in [0.1, 0.15) is 19.5 Å². The number of amidine groups is 1. The molecule has 0 aliphatic carbocycles. The molecule has 0 amide bonds. The normalized spacial score (nSPS) is 13.5. The van der Waals surface area contributed by atoms with Gasteiger partial charge in [-0.1, -0.05) is 11.6 Å². The van der Waals surface area contributed by atoms with Gasteiger partial charge in [0.2, 0.25) is 5.95 Å². The number of halogens is 2. The quantitative estimate of drug-likeness (QED) is 0.536. The van der Waals surface area contributed by atoms with Crippen LogP contribution >= 0.6 is 11.6 Å². The van der Waals surface area contributed by atoms with E-state index < -0.39 is 11.9 Å². The zero-order valence-corrected chi connectivity index (χ0v) is 14.8. The molecule has 0 aliphatic rings. The second-order valence-electron chi connectivity index (χ2n) is 5.18. The maximum Gasteiger partial charge on any atom is 0.225 e. The standard InChI is InChI=1S/C15H18ClFN8/c1-8(17)6-19-13(18-4)10(3)21-15-20-7-11(16)14(23-15)22-12-5-9(2)24-25-12/h5-7,10H,4H2,1-3H3,(H3,20,21,22,23,24,25)/b8-6+,19-13?/t10-/m0/s1. The minimum atomic E-state index is -0.433. The van der Waals surface area contributed by atoms with Gasteiger partial charge in [0, 0.05) is 11.8 Å². The van der Waals surface area contributed by atoms with Crippen LogP contribution < -0.4 is 10.6 Å². The molecule has 0 radical (unpaired) electrons. The number of nitrogens with one attached hydrogen (secondary N) is 3. The van der Waals surface area contributed by atoms with Crippen molar-refractivity contribution in [2.75, 3.05) is 10.6 Å². The van der Waals surface area contributed by atoms with Crippen molar-refractivity contribution >= 4 is 41.7 Å². The molecule has 2 aromatic heterocycles. The largest absolute Gasteiger partial charge is 0.344 e. The predicted octanol–water partition coefficient (Wildman–Crippen LogP) is 3.64. The Bertz CT molecular complexity index is 810. The van der Waals surface area contributed by atoms with E-state index in [9.17, 15) is 4.39 Å². The summed E-state index contributed by atoms with van der Waals surface area (Å²) in [7, 11) is 0. The Labute approximate surface area is 149 Å². The molecule has 3 N–H and O–H groups in total. The molecule has 2 heterocycles. The van der Waals surface area contributed by atoms with Crippen LogP contribution in [0.5, 0.6) is 0 Å². The van der Waals surface area contributed by atoms with Crippen molar-refractivity contribution in [2.24, 2.45) is 9.98 Å². The lowest BCUT2D eigenvalue weighted by atomic mass is 10.3. The van der Waals surface area contributed by atoms with Gasteiger partial charge in [-0.05, 0) is 27.5 Å². The monoisotopic (exact) mass is 364 g/mol. The van der Waals surface area contributed by atoms with Crippen LogP contribution in [0.3, 0.4) is 0 Å². The summed E-state index contributed by atoms with van der Waals surface area (Å²) in [6.45, 7) is 8.38. The molecule has 0 aromatic carbocycles. The molecular formula is C15H18ClFN8. The number of rotatable bonds is 6. The number of H-pyrrole nitrogens is 1. The Morgan fingerprint density at radius 3 is 2.88 bits per heavy atom. The highest BCUT2D eigenvalue weighted by Crippen LogP contribution is 2.23. The molecule has 0 fully saturated rings. The van der Waals surface area contributed by atoms with Crippen molar-refractivity contribution in [1.82, 2.24) is 20.2 Å². The lowest BCUT2D eigenvalue weighted by Crippen LogP contribution is -2.25. The topological polar surface area (TPSA) is 103 Å². The minimum absolute atomic E-state index is 0.295. The second-order valence-corrected chi connectivity index (χ2v) is 5.59. The summed E-state index contributed by atoms with van der Waals surface area (Å²) in [4.78, 5) is 16.1. The van der Waals surface area contributed by atoms with E-state index in [1.807, 2.05) is 13.0 Å². The highest BCUT2D eigenvalue weighted by Gasteiger charge is 2.13. The summed E-state index contributed by atoms with van der Waals surface area (Å²) in [5.41, 5.74) is 0.897. The average Bonchev–Trinajstić information content (AvgIpc) is 2.96. The van der Waals surface area contributed by atoms with E-state index >= 15 is 0 Å². The van der Waals surface area contributed by atoms with E-state index in [-0.39, 0.29) is 0 Å². The molecule has 1 atom stereocenters. The third kappa shape index (κ3) is 5.35. The van der Waals surface area contributed by atoms with E-state index in [0.717, 1.165) is 11.9 Å². The highest BCUT2D eigenvalue weighted by molar-refractivity contribution is 6.32. The van der Waals surface area contributed by atoms with Gasteiger partial charge in [-0.15, -0.1) is 0 Å². The zero-order chi connectivity index (χ0) is 18.4. The fourth-order valence-corrected chi connectivity index (χ4v) is 1.97. The fourth-order valence-electron chi connectivity index (χ4n) is 1.83. The van der Waals surface area contributed by atoms with Crippen LogP contribution in [-0.4, -0.2) is 38.8 Å². The maximum atomic E-state index is 12.8. The second kappa shape index (κ2) is 8.34. The van der Waals surface area contributed by atoms with E-state index in [1.54, 1.807) is 6.92 Å². The summed E-state index contributed by atoms with van der Waals surface area (Å²) in [5, 5.41) is 13.2. The third-order valence-electron chi connectivity index (χ3n) is 2.97. The summed E-state index contributed by atoms with van der Waals surface area (Å²) in [6, 6.07) is 1.42. The van der Waals surface area contributed by atoms with Crippen molar-refractivity contribution in [1.29, 1.82) is 0 Å². The molecule has 10 heteroatoms. The molecule has 132 valence electrons. The lowest BCUT2D eigenvalue weighted by molar-refractivity contribution is 0.637. The van der Waals surface area contributed by atoms with Gasteiger partial charge in [-0.2, -0.15) is 10.1 Å². The molecule has 0 saturated heterocycles. The summed E-state index contributed by atoms with van der Waals surface area (Å²) < 4.78 is 12.8. The van der Waals surface area contributed by atoms with Gasteiger partial charge in [0.1, 0.15) is 16.7 Å². The number of hydrogen-bond donors (Lipinski definition) is 3. The number of nitrogens with zero attached hydrogens (tertiary/aromatic N) is 5. The zero-order valence-electron chi connectivity index (χ0n) is 14.0. The van der Waals surface area contributed by atoms with Crippen molar-refractivity contribution < 1.29 is 4.39 Å². The van der Waals surface area contributed by atoms with Gasteiger partial charge in [0.25, 0.3) is 0 Å². The first-order valence-corrected chi connectivity index (χ1v) is 7.71. The summed E-state index contributed by atoms with van der Waals surface area (Å²) in [6.07, 6.45) is 2.52. The van der Waals surface area contributed by atoms with Gasteiger partial charge in [-0.3, -0.25) is 5.10 Å². The number of allylic oxidation sites excluding steroid dienone is 1. The highest BCUT2D eigenvalue weighted by atomic mass is 35.5. The number of hydrogen-bond acceptors (Lipinski definition) is 6. The molecule has 25 heavy (non-hydrogen) atoms. The van der Waals surface area contributed by atoms with Gasteiger partial charge in [0.05, 0.1) is 18.4 Å². The van der Waals surface area contributed by atoms with E-state index in [4.69, 9.17) is 11.6 Å². The number of aromatic nitrogens is 4. The predicted molar refractivity (Wildman–Crippen MR) is 98.6 cm³/mol.